The Labute approximate surface area is 97.7 Å². The molecule has 0 saturated carbocycles. The van der Waals surface area contributed by atoms with Crippen molar-refractivity contribution in [2.45, 2.75) is 51.2 Å². The quantitative estimate of drug-likeness (QED) is 0.742. The van der Waals surface area contributed by atoms with Crippen LogP contribution in [0.5, 0.6) is 0 Å². The van der Waals surface area contributed by atoms with Gasteiger partial charge in [0, 0.05) is 12.1 Å². The predicted octanol–water partition coefficient (Wildman–Crippen LogP) is 1.49. The predicted molar refractivity (Wildman–Crippen MR) is 62.3 cm³/mol. The highest BCUT2D eigenvalue weighted by atomic mass is 16.5. The third kappa shape index (κ3) is 3.46. The van der Waals surface area contributed by atoms with Gasteiger partial charge in [-0.15, -0.1) is 0 Å². The van der Waals surface area contributed by atoms with Gasteiger partial charge in [0.15, 0.2) is 0 Å². The van der Waals surface area contributed by atoms with E-state index in [4.69, 9.17) is 9.47 Å². The number of rotatable bonds is 4. The van der Waals surface area contributed by atoms with Crippen molar-refractivity contribution in [2.75, 3.05) is 20.3 Å². The van der Waals surface area contributed by atoms with Crippen molar-refractivity contribution < 1.29 is 14.3 Å². The lowest BCUT2D eigenvalue weighted by atomic mass is 9.79. The average molecular weight is 229 g/mol. The maximum Gasteiger partial charge on any atom is 0.307 e. The summed E-state index contributed by atoms with van der Waals surface area (Å²) in [4.78, 5) is 11.6. The monoisotopic (exact) mass is 229 g/mol. The Morgan fingerprint density at radius 3 is 2.69 bits per heavy atom. The summed E-state index contributed by atoms with van der Waals surface area (Å²) in [6.45, 7) is 7.08. The Morgan fingerprint density at radius 2 is 2.19 bits per heavy atom. The van der Waals surface area contributed by atoms with Gasteiger partial charge in [-0.1, -0.05) is 0 Å². The van der Waals surface area contributed by atoms with Gasteiger partial charge in [-0.05, 0) is 40.7 Å². The fourth-order valence-electron chi connectivity index (χ4n) is 2.42. The minimum atomic E-state index is -0.173. The first-order chi connectivity index (χ1) is 7.43. The third-order valence-electron chi connectivity index (χ3n) is 3.16. The first-order valence-corrected chi connectivity index (χ1v) is 5.91. The molecule has 0 aromatic rings. The highest BCUT2D eigenvalue weighted by Gasteiger charge is 2.41. The van der Waals surface area contributed by atoms with Crippen molar-refractivity contribution in [3.63, 3.8) is 0 Å². The SMILES string of the molecule is CCOC(=O)CC1(NC)CCOC(C)(C)C1. The van der Waals surface area contributed by atoms with E-state index in [1.165, 1.54) is 0 Å². The number of hydrogen-bond donors (Lipinski definition) is 1. The Hall–Kier alpha value is -0.610. The first kappa shape index (κ1) is 13.5. The van der Waals surface area contributed by atoms with Crippen LogP contribution in [-0.4, -0.2) is 37.4 Å². The number of esters is 1. The summed E-state index contributed by atoms with van der Waals surface area (Å²) in [5.41, 5.74) is -0.345. The highest BCUT2D eigenvalue weighted by Crippen LogP contribution is 2.34. The second-order valence-corrected chi connectivity index (χ2v) is 5.05. The van der Waals surface area contributed by atoms with E-state index in [1.807, 2.05) is 14.0 Å². The molecular weight excluding hydrogens is 206 g/mol. The summed E-state index contributed by atoms with van der Waals surface area (Å²) in [6.07, 6.45) is 2.10. The molecule has 1 saturated heterocycles. The zero-order valence-corrected chi connectivity index (χ0v) is 10.8. The maximum absolute atomic E-state index is 11.6. The van der Waals surface area contributed by atoms with Crippen LogP contribution >= 0.6 is 0 Å². The van der Waals surface area contributed by atoms with Gasteiger partial charge in [0.2, 0.25) is 0 Å². The highest BCUT2D eigenvalue weighted by molar-refractivity contribution is 5.71. The molecule has 1 atom stereocenters. The number of carbonyl (C=O) groups is 1. The van der Waals surface area contributed by atoms with Crippen LogP contribution in [0.3, 0.4) is 0 Å². The Balaban J connectivity index is 2.66. The molecule has 1 rings (SSSR count). The van der Waals surface area contributed by atoms with Gasteiger partial charge in [0.25, 0.3) is 0 Å². The summed E-state index contributed by atoms with van der Waals surface area (Å²) in [7, 11) is 1.90. The van der Waals surface area contributed by atoms with Crippen LogP contribution in [0.15, 0.2) is 0 Å². The molecule has 1 aliphatic heterocycles. The van der Waals surface area contributed by atoms with Crippen molar-refractivity contribution in [1.29, 1.82) is 0 Å². The Bertz CT molecular complexity index is 253. The second-order valence-electron chi connectivity index (χ2n) is 5.05. The topological polar surface area (TPSA) is 47.6 Å². The average Bonchev–Trinajstić information content (AvgIpc) is 2.16. The number of carbonyl (C=O) groups excluding carboxylic acids is 1. The molecule has 1 heterocycles. The van der Waals surface area contributed by atoms with Gasteiger partial charge in [0.1, 0.15) is 0 Å². The summed E-state index contributed by atoms with van der Waals surface area (Å²) in [6, 6.07) is 0. The van der Waals surface area contributed by atoms with Crippen LogP contribution in [0.4, 0.5) is 0 Å². The summed E-state index contributed by atoms with van der Waals surface area (Å²) >= 11 is 0. The molecule has 1 N–H and O–H groups in total. The van der Waals surface area contributed by atoms with Crippen molar-refractivity contribution in [3.8, 4) is 0 Å². The molecule has 0 bridgehead atoms. The van der Waals surface area contributed by atoms with Crippen molar-refractivity contribution in [2.24, 2.45) is 0 Å². The summed E-state index contributed by atoms with van der Waals surface area (Å²) < 4.78 is 10.7. The van der Waals surface area contributed by atoms with Crippen LogP contribution in [0, 0.1) is 0 Å². The van der Waals surface area contributed by atoms with E-state index in [9.17, 15) is 4.79 Å². The molecule has 1 aliphatic rings. The van der Waals surface area contributed by atoms with E-state index in [2.05, 4.69) is 19.2 Å². The lowest BCUT2D eigenvalue weighted by molar-refractivity contribution is -0.148. The minimum absolute atomic E-state index is 0.130. The third-order valence-corrected chi connectivity index (χ3v) is 3.16. The lowest BCUT2D eigenvalue weighted by Gasteiger charge is -2.44. The van der Waals surface area contributed by atoms with Crippen LogP contribution in [0.2, 0.25) is 0 Å². The van der Waals surface area contributed by atoms with E-state index in [0.717, 1.165) is 12.8 Å². The zero-order chi connectivity index (χ0) is 12.2. The van der Waals surface area contributed by atoms with Crippen LogP contribution in [-0.2, 0) is 14.3 Å². The standard InChI is InChI=1S/C12H23NO3/c1-5-15-10(14)8-12(13-4)6-7-16-11(2,3)9-12/h13H,5-9H2,1-4H3. The molecule has 0 radical (unpaired) electrons. The molecule has 1 fully saturated rings. The van der Waals surface area contributed by atoms with Gasteiger partial charge in [-0.25, -0.2) is 0 Å². The normalized spacial score (nSPS) is 28.8. The van der Waals surface area contributed by atoms with Gasteiger partial charge in [-0.2, -0.15) is 0 Å². The van der Waals surface area contributed by atoms with E-state index in [-0.39, 0.29) is 17.1 Å². The fourth-order valence-corrected chi connectivity index (χ4v) is 2.42. The maximum atomic E-state index is 11.6. The van der Waals surface area contributed by atoms with E-state index < -0.39 is 0 Å². The molecule has 4 heteroatoms. The smallest absolute Gasteiger partial charge is 0.307 e. The molecule has 4 nitrogen and oxygen atoms in total. The van der Waals surface area contributed by atoms with E-state index in [0.29, 0.717) is 19.6 Å². The van der Waals surface area contributed by atoms with Crippen LogP contribution < -0.4 is 5.32 Å². The molecule has 1 unspecified atom stereocenters. The summed E-state index contributed by atoms with van der Waals surface area (Å²) in [5, 5.41) is 3.28. The second kappa shape index (κ2) is 5.15. The largest absolute Gasteiger partial charge is 0.466 e. The molecular formula is C12H23NO3. The number of hydrogen-bond acceptors (Lipinski definition) is 4. The van der Waals surface area contributed by atoms with Gasteiger partial charge in [-0.3, -0.25) is 4.79 Å². The zero-order valence-electron chi connectivity index (χ0n) is 10.8. The molecule has 0 amide bonds. The van der Waals surface area contributed by atoms with Gasteiger partial charge in [0.05, 0.1) is 18.6 Å². The summed E-state index contributed by atoms with van der Waals surface area (Å²) in [5.74, 6) is -0.130. The minimum Gasteiger partial charge on any atom is -0.466 e. The van der Waals surface area contributed by atoms with Crippen molar-refractivity contribution >= 4 is 5.97 Å². The number of ether oxygens (including phenoxy) is 2. The molecule has 0 aromatic heterocycles. The van der Waals surface area contributed by atoms with Crippen molar-refractivity contribution in [1.82, 2.24) is 5.32 Å². The van der Waals surface area contributed by atoms with E-state index >= 15 is 0 Å². The Kier molecular flexibility index (Phi) is 4.33. The molecule has 0 aromatic carbocycles. The number of nitrogens with one attached hydrogen (secondary N) is 1. The van der Waals surface area contributed by atoms with Crippen LogP contribution in [0.1, 0.15) is 40.0 Å². The van der Waals surface area contributed by atoms with Crippen molar-refractivity contribution in [3.05, 3.63) is 0 Å². The molecule has 0 spiro atoms. The first-order valence-electron chi connectivity index (χ1n) is 5.91. The van der Waals surface area contributed by atoms with Crippen LogP contribution in [0.25, 0.3) is 0 Å². The fraction of sp³-hybridized carbons (Fsp3) is 0.917. The van der Waals surface area contributed by atoms with E-state index in [1.54, 1.807) is 0 Å². The van der Waals surface area contributed by atoms with Gasteiger partial charge >= 0.3 is 5.97 Å². The lowest BCUT2D eigenvalue weighted by Crippen LogP contribution is -2.54. The molecule has 16 heavy (non-hydrogen) atoms. The molecule has 94 valence electrons. The Morgan fingerprint density at radius 1 is 1.50 bits per heavy atom. The van der Waals surface area contributed by atoms with Gasteiger partial charge < -0.3 is 14.8 Å². The molecule has 0 aliphatic carbocycles.